The van der Waals surface area contributed by atoms with Gasteiger partial charge in [-0.1, -0.05) is 71.9 Å². The molecule has 0 bridgehead atoms. The lowest BCUT2D eigenvalue weighted by Crippen LogP contribution is -2.19. The number of nitrogens with one attached hydrogen (secondary N) is 1. The van der Waals surface area contributed by atoms with Crippen molar-refractivity contribution in [2.24, 2.45) is 0 Å². The van der Waals surface area contributed by atoms with Crippen molar-refractivity contribution in [1.82, 2.24) is 0 Å². The van der Waals surface area contributed by atoms with Crippen LogP contribution in [0.1, 0.15) is 63.8 Å². The minimum Gasteiger partial charge on any atom is -0.507 e. The second-order valence-corrected chi connectivity index (χ2v) is 8.16. The Kier molecular flexibility index (Phi) is 4.39. The molecule has 0 aromatic heterocycles. The van der Waals surface area contributed by atoms with Crippen LogP contribution in [0.15, 0.2) is 42.5 Å². The van der Waals surface area contributed by atoms with Gasteiger partial charge in [0.15, 0.2) is 0 Å². The second kappa shape index (κ2) is 5.84. The summed E-state index contributed by atoms with van der Waals surface area (Å²) in [7, 11) is 0. The Morgan fingerprint density at radius 2 is 1.22 bits per heavy atom. The van der Waals surface area contributed by atoms with Crippen LogP contribution < -0.4 is 0 Å². The molecule has 0 saturated carbocycles. The van der Waals surface area contributed by atoms with E-state index in [2.05, 4.69) is 41.5 Å². The van der Waals surface area contributed by atoms with Crippen molar-refractivity contribution in [1.29, 1.82) is 5.41 Å². The molecule has 2 rings (SSSR count). The quantitative estimate of drug-likeness (QED) is 0.716. The van der Waals surface area contributed by atoms with Crippen LogP contribution in [0.4, 0.5) is 0 Å². The van der Waals surface area contributed by atoms with E-state index in [0.717, 1.165) is 22.3 Å². The number of hydrogen-bond acceptors (Lipinski definition) is 2. The van der Waals surface area contributed by atoms with E-state index in [1.807, 2.05) is 42.5 Å². The summed E-state index contributed by atoms with van der Waals surface area (Å²) < 4.78 is 0. The predicted molar refractivity (Wildman–Crippen MR) is 97.9 cm³/mol. The minimum absolute atomic E-state index is 0.183. The third-order valence-corrected chi connectivity index (χ3v) is 4.08. The Hall–Kier alpha value is -2.09. The number of hydrogen-bond donors (Lipinski definition) is 2. The van der Waals surface area contributed by atoms with Crippen LogP contribution in [0.25, 0.3) is 0 Å². The lowest BCUT2D eigenvalue weighted by atomic mass is 9.77. The van der Waals surface area contributed by atoms with Crippen LogP contribution >= 0.6 is 0 Å². The summed E-state index contributed by atoms with van der Waals surface area (Å²) in [6.45, 7) is 12.5. The number of benzene rings is 2. The SMILES string of the molecule is CC(C)(C)c1cc(C(=N)c2ccccc2)cc(C(C)(C)C)c1O. The molecule has 0 atom stereocenters. The zero-order chi connectivity index (χ0) is 17.4. The summed E-state index contributed by atoms with van der Waals surface area (Å²) in [5.74, 6) is 0.356. The first-order valence-corrected chi connectivity index (χ1v) is 8.04. The van der Waals surface area contributed by atoms with Crippen LogP contribution in [0.2, 0.25) is 0 Å². The van der Waals surface area contributed by atoms with Gasteiger partial charge in [0.2, 0.25) is 0 Å². The molecular weight excluding hydrogens is 282 g/mol. The van der Waals surface area contributed by atoms with Crippen molar-refractivity contribution in [3.8, 4) is 5.75 Å². The van der Waals surface area contributed by atoms with E-state index in [4.69, 9.17) is 5.41 Å². The monoisotopic (exact) mass is 309 g/mol. The van der Waals surface area contributed by atoms with Gasteiger partial charge >= 0.3 is 0 Å². The molecule has 0 aliphatic rings. The standard InChI is InChI=1S/C21H27NO/c1-20(2,3)16-12-15(13-17(19(16)23)21(4,5)6)18(22)14-10-8-7-9-11-14/h7-13,22-23H,1-6H3. The normalized spacial score (nSPS) is 12.3. The zero-order valence-corrected chi connectivity index (χ0v) is 15.0. The highest BCUT2D eigenvalue weighted by molar-refractivity contribution is 6.11. The molecule has 0 radical (unpaired) electrons. The van der Waals surface area contributed by atoms with Gasteiger partial charge in [-0.3, -0.25) is 5.41 Å². The first-order valence-electron chi connectivity index (χ1n) is 8.04. The fourth-order valence-electron chi connectivity index (χ4n) is 2.69. The summed E-state index contributed by atoms with van der Waals surface area (Å²) >= 11 is 0. The topological polar surface area (TPSA) is 44.1 Å². The first-order chi connectivity index (χ1) is 10.5. The van der Waals surface area contributed by atoms with Crippen LogP contribution in [0, 0.1) is 5.41 Å². The smallest absolute Gasteiger partial charge is 0.123 e. The van der Waals surface area contributed by atoms with Gasteiger partial charge < -0.3 is 5.11 Å². The van der Waals surface area contributed by atoms with Gasteiger partial charge in [0.1, 0.15) is 5.75 Å². The molecule has 0 unspecified atom stereocenters. The van der Waals surface area contributed by atoms with Crippen molar-refractivity contribution >= 4 is 5.71 Å². The molecule has 2 heteroatoms. The molecule has 23 heavy (non-hydrogen) atoms. The van der Waals surface area contributed by atoms with Crippen LogP contribution in [0.5, 0.6) is 5.75 Å². The molecule has 2 nitrogen and oxygen atoms in total. The Morgan fingerprint density at radius 1 is 0.783 bits per heavy atom. The Bertz CT molecular complexity index is 681. The highest BCUT2D eigenvalue weighted by Gasteiger charge is 2.27. The minimum atomic E-state index is -0.183. The first kappa shape index (κ1) is 17.3. The average Bonchev–Trinajstić information content (AvgIpc) is 2.45. The van der Waals surface area contributed by atoms with Crippen molar-refractivity contribution in [3.05, 3.63) is 64.7 Å². The number of phenols is 1. The molecule has 2 aromatic carbocycles. The molecule has 0 aliphatic heterocycles. The highest BCUT2D eigenvalue weighted by Crippen LogP contribution is 2.40. The van der Waals surface area contributed by atoms with Gasteiger partial charge in [0, 0.05) is 16.7 Å². The molecule has 0 aliphatic carbocycles. The molecule has 122 valence electrons. The summed E-state index contributed by atoms with van der Waals surface area (Å²) in [5.41, 5.74) is 3.64. The fourth-order valence-corrected chi connectivity index (χ4v) is 2.69. The largest absolute Gasteiger partial charge is 0.507 e. The van der Waals surface area contributed by atoms with Gasteiger partial charge in [-0.25, -0.2) is 0 Å². The van der Waals surface area contributed by atoms with Crippen LogP contribution in [0.3, 0.4) is 0 Å². The van der Waals surface area contributed by atoms with Crippen LogP contribution in [-0.4, -0.2) is 10.8 Å². The summed E-state index contributed by atoms with van der Waals surface area (Å²) in [6.07, 6.45) is 0. The van der Waals surface area contributed by atoms with Crippen LogP contribution in [-0.2, 0) is 10.8 Å². The van der Waals surface area contributed by atoms with Crippen molar-refractivity contribution in [2.75, 3.05) is 0 Å². The third kappa shape index (κ3) is 3.64. The van der Waals surface area contributed by atoms with Crippen molar-refractivity contribution in [2.45, 2.75) is 52.4 Å². The molecule has 0 spiro atoms. The van der Waals surface area contributed by atoms with E-state index in [1.165, 1.54) is 0 Å². The fraction of sp³-hybridized carbons (Fsp3) is 0.381. The number of aromatic hydroxyl groups is 1. The third-order valence-electron chi connectivity index (χ3n) is 4.08. The maximum absolute atomic E-state index is 10.8. The van der Waals surface area contributed by atoms with E-state index >= 15 is 0 Å². The molecule has 2 aromatic rings. The zero-order valence-electron chi connectivity index (χ0n) is 15.0. The lowest BCUT2D eigenvalue weighted by Gasteiger charge is -2.28. The van der Waals surface area contributed by atoms with Gasteiger partial charge in [0.05, 0.1) is 5.71 Å². The Labute approximate surface area is 139 Å². The number of rotatable bonds is 2. The Morgan fingerprint density at radius 3 is 1.61 bits per heavy atom. The highest BCUT2D eigenvalue weighted by atomic mass is 16.3. The predicted octanol–water partition coefficient (Wildman–Crippen LogP) is 5.40. The van der Waals surface area contributed by atoms with Crippen molar-refractivity contribution < 1.29 is 5.11 Å². The Balaban J connectivity index is 2.68. The van der Waals surface area contributed by atoms with E-state index in [-0.39, 0.29) is 10.8 Å². The van der Waals surface area contributed by atoms with E-state index < -0.39 is 0 Å². The number of phenolic OH excluding ortho intramolecular Hbond substituents is 1. The average molecular weight is 309 g/mol. The van der Waals surface area contributed by atoms with Gasteiger partial charge in [0.25, 0.3) is 0 Å². The summed E-state index contributed by atoms with van der Waals surface area (Å²) in [5, 5.41) is 19.3. The maximum atomic E-state index is 10.8. The van der Waals surface area contributed by atoms with E-state index in [1.54, 1.807) is 0 Å². The molecule has 0 amide bonds. The lowest BCUT2D eigenvalue weighted by molar-refractivity contribution is 0.423. The second-order valence-electron chi connectivity index (χ2n) is 8.16. The molecule has 2 N–H and O–H groups in total. The molecule has 0 fully saturated rings. The summed E-state index contributed by atoms with van der Waals surface area (Å²) in [6, 6.07) is 13.7. The molecule has 0 heterocycles. The van der Waals surface area contributed by atoms with Crippen molar-refractivity contribution in [3.63, 3.8) is 0 Å². The van der Waals surface area contributed by atoms with Gasteiger partial charge in [-0.15, -0.1) is 0 Å². The van der Waals surface area contributed by atoms with Gasteiger partial charge in [-0.05, 0) is 28.5 Å². The molecule has 0 saturated heterocycles. The van der Waals surface area contributed by atoms with E-state index in [9.17, 15) is 5.11 Å². The summed E-state index contributed by atoms with van der Waals surface area (Å²) in [4.78, 5) is 0. The molecular formula is C21H27NO. The van der Waals surface area contributed by atoms with E-state index in [0.29, 0.717) is 11.5 Å². The van der Waals surface area contributed by atoms with Gasteiger partial charge in [-0.2, -0.15) is 0 Å². The maximum Gasteiger partial charge on any atom is 0.123 e.